The quantitative estimate of drug-likeness (QED) is 0.758. The highest BCUT2D eigenvalue weighted by Crippen LogP contribution is 2.26. The van der Waals surface area contributed by atoms with E-state index in [2.05, 4.69) is 20.8 Å². The summed E-state index contributed by atoms with van der Waals surface area (Å²) in [7, 11) is 0. The van der Waals surface area contributed by atoms with Gasteiger partial charge in [-0.3, -0.25) is 0 Å². The Hall–Kier alpha value is -0.0800. The summed E-state index contributed by atoms with van der Waals surface area (Å²) in [6.07, 6.45) is 6.32. The number of nitrogens with two attached hydrogens (primary N) is 1. The fourth-order valence-electron chi connectivity index (χ4n) is 2.11. The normalized spacial score (nSPS) is 29.1. The minimum absolute atomic E-state index is 0.00123. The van der Waals surface area contributed by atoms with E-state index in [1.54, 1.807) is 0 Å². The highest BCUT2D eigenvalue weighted by atomic mass is 16.5. The number of hydrogen-bond donors (Lipinski definition) is 1. The smallest absolute Gasteiger partial charge is 0.0598 e. The molecule has 1 saturated carbocycles. The van der Waals surface area contributed by atoms with Gasteiger partial charge < -0.3 is 10.5 Å². The van der Waals surface area contributed by atoms with Crippen LogP contribution in [0.1, 0.15) is 52.9 Å². The van der Waals surface area contributed by atoms with Crippen molar-refractivity contribution < 1.29 is 4.74 Å². The second-order valence-electron chi connectivity index (χ2n) is 5.46. The van der Waals surface area contributed by atoms with Crippen molar-refractivity contribution in [3.8, 4) is 0 Å². The zero-order valence-corrected chi connectivity index (χ0v) is 9.88. The van der Waals surface area contributed by atoms with Crippen molar-refractivity contribution >= 4 is 0 Å². The van der Waals surface area contributed by atoms with Gasteiger partial charge in [0.15, 0.2) is 0 Å². The van der Waals surface area contributed by atoms with E-state index in [4.69, 9.17) is 10.5 Å². The number of rotatable bonds is 3. The fourth-order valence-corrected chi connectivity index (χ4v) is 2.11. The lowest BCUT2D eigenvalue weighted by Crippen LogP contribution is -2.34. The van der Waals surface area contributed by atoms with E-state index >= 15 is 0 Å². The topological polar surface area (TPSA) is 35.2 Å². The highest BCUT2D eigenvalue weighted by Gasteiger charge is 2.22. The van der Waals surface area contributed by atoms with Gasteiger partial charge >= 0.3 is 0 Å². The molecular formula is C12H25NO. The van der Waals surface area contributed by atoms with E-state index in [1.165, 1.54) is 25.7 Å². The Morgan fingerprint density at radius 1 is 1.21 bits per heavy atom. The van der Waals surface area contributed by atoms with E-state index in [0.717, 1.165) is 13.0 Å². The van der Waals surface area contributed by atoms with Gasteiger partial charge in [-0.1, -0.05) is 12.8 Å². The van der Waals surface area contributed by atoms with Gasteiger partial charge in [0.25, 0.3) is 0 Å². The maximum Gasteiger partial charge on any atom is 0.0598 e. The predicted molar refractivity (Wildman–Crippen MR) is 60.3 cm³/mol. The first-order valence-electron chi connectivity index (χ1n) is 5.88. The molecule has 0 aromatic rings. The van der Waals surface area contributed by atoms with Crippen LogP contribution in [0.3, 0.4) is 0 Å². The van der Waals surface area contributed by atoms with E-state index < -0.39 is 0 Å². The molecule has 0 spiro atoms. The Kier molecular flexibility index (Phi) is 4.39. The standard InChI is InChI=1S/C12H25NO/c1-12(2,3)14-9-8-10-6-4-5-7-11(10)13/h10-11H,4-9,13H2,1-3H3. The fraction of sp³-hybridized carbons (Fsp3) is 1.00. The van der Waals surface area contributed by atoms with Crippen LogP contribution in [-0.4, -0.2) is 18.2 Å². The first-order valence-corrected chi connectivity index (χ1v) is 5.88. The molecule has 0 amide bonds. The van der Waals surface area contributed by atoms with Gasteiger partial charge in [0.2, 0.25) is 0 Å². The van der Waals surface area contributed by atoms with Crippen LogP contribution >= 0.6 is 0 Å². The Bertz CT molecular complexity index is 162. The summed E-state index contributed by atoms with van der Waals surface area (Å²) in [5.74, 6) is 0.700. The van der Waals surface area contributed by atoms with Gasteiger partial charge in [-0.2, -0.15) is 0 Å². The molecule has 0 heterocycles. The number of ether oxygens (including phenoxy) is 1. The third-order valence-electron chi connectivity index (χ3n) is 2.99. The Balaban J connectivity index is 2.17. The molecule has 84 valence electrons. The molecular weight excluding hydrogens is 174 g/mol. The molecule has 2 heteroatoms. The van der Waals surface area contributed by atoms with Gasteiger partial charge in [-0.05, 0) is 46.0 Å². The van der Waals surface area contributed by atoms with Gasteiger partial charge in [0, 0.05) is 12.6 Å². The van der Waals surface area contributed by atoms with Crippen LogP contribution < -0.4 is 5.73 Å². The van der Waals surface area contributed by atoms with Crippen LogP contribution in [0.5, 0.6) is 0 Å². The van der Waals surface area contributed by atoms with Crippen molar-refractivity contribution in [1.82, 2.24) is 0 Å². The Morgan fingerprint density at radius 3 is 2.43 bits per heavy atom. The molecule has 1 fully saturated rings. The van der Waals surface area contributed by atoms with Crippen molar-refractivity contribution in [1.29, 1.82) is 0 Å². The number of hydrogen-bond acceptors (Lipinski definition) is 2. The van der Waals surface area contributed by atoms with Crippen LogP contribution in [0.15, 0.2) is 0 Å². The third-order valence-corrected chi connectivity index (χ3v) is 2.99. The lowest BCUT2D eigenvalue weighted by atomic mass is 9.83. The molecule has 1 rings (SSSR count). The SMILES string of the molecule is CC(C)(C)OCCC1CCCCC1N. The lowest BCUT2D eigenvalue weighted by molar-refractivity contribution is -0.0120. The van der Waals surface area contributed by atoms with Crippen LogP contribution in [0.25, 0.3) is 0 Å². The second kappa shape index (κ2) is 5.13. The van der Waals surface area contributed by atoms with Gasteiger partial charge in [-0.15, -0.1) is 0 Å². The van der Waals surface area contributed by atoms with E-state index in [0.29, 0.717) is 12.0 Å². The van der Waals surface area contributed by atoms with Crippen LogP contribution in [0, 0.1) is 5.92 Å². The summed E-state index contributed by atoms with van der Waals surface area (Å²) >= 11 is 0. The van der Waals surface area contributed by atoms with Crippen LogP contribution in [0.4, 0.5) is 0 Å². The van der Waals surface area contributed by atoms with Gasteiger partial charge in [0.05, 0.1) is 5.60 Å². The van der Waals surface area contributed by atoms with Crippen LogP contribution in [-0.2, 0) is 4.74 Å². The highest BCUT2D eigenvalue weighted by molar-refractivity contribution is 4.77. The molecule has 2 atom stereocenters. The lowest BCUT2D eigenvalue weighted by Gasteiger charge is -2.29. The van der Waals surface area contributed by atoms with E-state index in [1.807, 2.05) is 0 Å². The molecule has 1 aliphatic rings. The molecule has 0 radical (unpaired) electrons. The maximum absolute atomic E-state index is 6.07. The summed E-state index contributed by atoms with van der Waals surface area (Å²) in [4.78, 5) is 0. The molecule has 0 aromatic heterocycles. The van der Waals surface area contributed by atoms with Gasteiger partial charge in [0.1, 0.15) is 0 Å². The zero-order valence-electron chi connectivity index (χ0n) is 9.88. The molecule has 2 N–H and O–H groups in total. The first kappa shape index (κ1) is 12.0. The largest absolute Gasteiger partial charge is 0.376 e. The van der Waals surface area contributed by atoms with Crippen molar-refractivity contribution in [3.05, 3.63) is 0 Å². The molecule has 0 aliphatic heterocycles. The summed E-state index contributed by atoms with van der Waals surface area (Å²) in [6, 6.07) is 0.423. The molecule has 0 bridgehead atoms. The third kappa shape index (κ3) is 4.43. The van der Waals surface area contributed by atoms with E-state index in [9.17, 15) is 0 Å². The molecule has 0 saturated heterocycles. The van der Waals surface area contributed by atoms with Crippen LogP contribution in [0.2, 0.25) is 0 Å². The molecule has 2 nitrogen and oxygen atoms in total. The molecule has 1 aliphatic carbocycles. The Morgan fingerprint density at radius 2 is 1.86 bits per heavy atom. The monoisotopic (exact) mass is 199 g/mol. The first-order chi connectivity index (χ1) is 6.49. The average Bonchev–Trinajstić information content (AvgIpc) is 2.06. The summed E-state index contributed by atoms with van der Waals surface area (Å²) in [5, 5.41) is 0. The van der Waals surface area contributed by atoms with Crippen molar-refractivity contribution in [2.45, 2.75) is 64.5 Å². The summed E-state index contributed by atoms with van der Waals surface area (Å²) < 4.78 is 5.72. The van der Waals surface area contributed by atoms with Crippen molar-refractivity contribution in [3.63, 3.8) is 0 Å². The molecule has 2 unspecified atom stereocenters. The minimum Gasteiger partial charge on any atom is -0.376 e. The summed E-state index contributed by atoms with van der Waals surface area (Å²) in [5.41, 5.74) is 6.07. The molecule has 14 heavy (non-hydrogen) atoms. The second-order valence-corrected chi connectivity index (χ2v) is 5.46. The Labute approximate surface area is 88.2 Å². The minimum atomic E-state index is -0.00123. The van der Waals surface area contributed by atoms with Crippen molar-refractivity contribution in [2.75, 3.05) is 6.61 Å². The van der Waals surface area contributed by atoms with Gasteiger partial charge in [-0.25, -0.2) is 0 Å². The van der Waals surface area contributed by atoms with E-state index in [-0.39, 0.29) is 5.60 Å². The zero-order chi connectivity index (χ0) is 10.6. The van der Waals surface area contributed by atoms with Crippen molar-refractivity contribution in [2.24, 2.45) is 11.7 Å². The summed E-state index contributed by atoms with van der Waals surface area (Å²) in [6.45, 7) is 7.18. The predicted octanol–water partition coefficient (Wildman–Crippen LogP) is 2.71. The molecule has 0 aromatic carbocycles. The average molecular weight is 199 g/mol. The maximum atomic E-state index is 6.07.